The van der Waals surface area contributed by atoms with E-state index in [1.807, 2.05) is 31.2 Å². The summed E-state index contributed by atoms with van der Waals surface area (Å²) >= 11 is 3.37. The smallest absolute Gasteiger partial charge is 0.341 e. The monoisotopic (exact) mass is 350 g/mol. The molecule has 0 aliphatic heterocycles. The third kappa shape index (κ3) is 3.58. The van der Waals surface area contributed by atoms with E-state index in [1.165, 1.54) is 10.7 Å². The number of nitrogens with zero attached hydrogens (tertiary/aromatic N) is 2. The van der Waals surface area contributed by atoms with Crippen LogP contribution in [0.5, 0.6) is 0 Å². The van der Waals surface area contributed by atoms with Crippen molar-refractivity contribution in [2.24, 2.45) is 0 Å². The number of carboxylic acids is 1. The van der Waals surface area contributed by atoms with E-state index < -0.39 is 11.5 Å². The van der Waals surface area contributed by atoms with E-state index in [1.54, 1.807) is 0 Å². The van der Waals surface area contributed by atoms with E-state index in [9.17, 15) is 14.7 Å². The van der Waals surface area contributed by atoms with Crippen molar-refractivity contribution in [3.63, 3.8) is 0 Å². The lowest BCUT2D eigenvalue weighted by atomic mass is 10.1. The van der Waals surface area contributed by atoms with Crippen molar-refractivity contribution < 1.29 is 9.90 Å². The maximum Gasteiger partial charge on any atom is 0.341 e. The molecule has 0 aliphatic rings. The van der Waals surface area contributed by atoms with Gasteiger partial charge in [0.1, 0.15) is 5.56 Å². The number of halogens is 1. The molecule has 0 unspecified atom stereocenters. The molecule has 1 aromatic heterocycles. The van der Waals surface area contributed by atoms with Gasteiger partial charge in [0.05, 0.1) is 5.69 Å². The first-order chi connectivity index (χ1) is 10.0. The lowest BCUT2D eigenvalue weighted by Crippen LogP contribution is -2.29. The van der Waals surface area contributed by atoms with Crippen LogP contribution in [0.1, 0.15) is 30.1 Å². The molecule has 0 saturated carbocycles. The Balaban J connectivity index is 2.58. The van der Waals surface area contributed by atoms with Gasteiger partial charge in [0.2, 0.25) is 0 Å². The summed E-state index contributed by atoms with van der Waals surface area (Å²) < 4.78 is 2.11. The molecule has 6 heteroatoms. The second kappa shape index (κ2) is 6.67. The molecule has 0 amide bonds. The molecule has 1 heterocycles. The Morgan fingerprint density at radius 1 is 1.38 bits per heavy atom. The zero-order chi connectivity index (χ0) is 15.4. The molecule has 0 saturated heterocycles. The number of aromatic nitrogens is 2. The molecule has 2 rings (SSSR count). The van der Waals surface area contributed by atoms with Gasteiger partial charge in [0.25, 0.3) is 5.56 Å². The van der Waals surface area contributed by atoms with E-state index in [0.29, 0.717) is 12.2 Å². The number of carboxylic acid groups (broad SMARTS) is 1. The number of rotatable bonds is 5. The van der Waals surface area contributed by atoms with E-state index in [2.05, 4.69) is 21.0 Å². The largest absolute Gasteiger partial charge is 0.477 e. The van der Waals surface area contributed by atoms with Crippen LogP contribution in [0.4, 0.5) is 0 Å². The summed E-state index contributed by atoms with van der Waals surface area (Å²) in [6, 6.07) is 8.70. The van der Waals surface area contributed by atoms with Crippen molar-refractivity contribution >= 4 is 21.9 Å². The van der Waals surface area contributed by atoms with Gasteiger partial charge in [-0.2, -0.15) is 5.10 Å². The van der Waals surface area contributed by atoms with Crippen LogP contribution in [0.25, 0.3) is 11.3 Å². The minimum absolute atomic E-state index is 0.254. The Morgan fingerprint density at radius 2 is 2.14 bits per heavy atom. The highest BCUT2D eigenvalue weighted by atomic mass is 79.9. The summed E-state index contributed by atoms with van der Waals surface area (Å²) in [5.74, 6) is -1.23. The number of hydrogen-bond acceptors (Lipinski definition) is 3. The van der Waals surface area contributed by atoms with E-state index in [0.717, 1.165) is 22.9 Å². The molecule has 0 spiro atoms. The van der Waals surface area contributed by atoms with Crippen LogP contribution in [0.2, 0.25) is 0 Å². The molecule has 0 aliphatic carbocycles. The predicted octanol–water partition coefficient (Wildman–Crippen LogP) is 3.17. The number of carbonyl (C=O) groups is 1. The van der Waals surface area contributed by atoms with Crippen LogP contribution in [0.3, 0.4) is 0 Å². The van der Waals surface area contributed by atoms with Crippen molar-refractivity contribution in [3.8, 4) is 11.3 Å². The Hall–Kier alpha value is -1.95. The van der Waals surface area contributed by atoms with Gasteiger partial charge in [-0.25, -0.2) is 9.48 Å². The average Bonchev–Trinajstić information content (AvgIpc) is 2.46. The number of aromatic carboxylic acids is 1. The summed E-state index contributed by atoms with van der Waals surface area (Å²) in [5.41, 5.74) is 0.423. The zero-order valence-corrected chi connectivity index (χ0v) is 13.1. The van der Waals surface area contributed by atoms with E-state index in [4.69, 9.17) is 0 Å². The van der Waals surface area contributed by atoms with Crippen molar-refractivity contribution in [1.82, 2.24) is 9.78 Å². The van der Waals surface area contributed by atoms with Crippen LogP contribution in [0.15, 0.2) is 39.6 Å². The highest BCUT2D eigenvalue weighted by Crippen LogP contribution is 2.21. The summed E-state index contributed by atoms with van der Waals surface area (Å²) in [4.78, 5) is 23.3. The lowest BCUT2D eigenvalue weighted by molar-refractivity contribution is 0.0693. The highest BCUT2D eigenvalue weighted by Gasteiger charge is 2.15. The van der Waals surface area contributed by atoms with Gasteiger partial charge in [-0.15, -0.1) is 0 Å². The van der Waals surface area contributed by atoms with Gasteiger partial charge in [-0.05, 0) is 24.6 Å². The number of aryl methyl sites for hydroxylation is 1. The van der Waals surface area contributed by atoms with Crippen molar-refractivity contribution in [2.75, 3.05) is 0 Å². The van der Waals surface area contributed by atoms with Crippen LogP contribution in [0, 0.1) is 0 Å². The highest BCUT2D eigenvalue weighted by molar-refractivity contribution is 9.10. The predicted molar refractivity (Wildman–Crippen MR) is 83.5 cm³/mol. The third-order valence-electron chi connectivity index (χ3n) is 3.05. The first-order valence-corrected chi connectivity index (χ1v) is 7.43. The molecule has 0 atom stereocenters. The SMILES string of the molecule is CCCCn1nc(-c2cccc(Br)c2)cc(C(=O)O)c1=O. The van der Waals surface area contributed by atoms with Gasteiger partial charge < -0.3 is 5.11 Å². The molecule has 1 aromatic carbocycles. The molecule has 0 bridgehead atoms. The summed E-state index contributed by atoms with van der Waals surface area (Å²) in [5, 5.41) is 13.5. The molecule has 21 heavy (non-hydrogen) atoms. The lowest BCUT2D eigenvalue weighted by Gasteiger charge is -2.09. The van der Waals surface area contributed by atoms with E-state index >= 15 is 0 Å². The van der Waals surface area contributed by atoms with Gasteiger partial charge >= 0.3 is 5.97 Å². The summed E-state index contributed by atoms with van der Waals surface area (Å²) in [6.45, 7) is 2.42. The molecule has 0 radical (unpaired) electrons. The quantitative estimate of drug-likeness (QED) is 0.898. The van der Waals surface area contributed by atoms with Crippen LogP contribution in [-0.2, 0) is 6.54 Å². The fourth-order valence-corrected chi connectivity index (χ4v) is 2.34. The zero-order valence-electron chi connectivity index (χ0n) is 11.5. The summed E-state index contributed by atoms with van der Waals surface area (Å²) in [7, 11) is 0. The molecule has 2 aromatic rings. The van der Waals surface area contributed by atoms with Crippen LogP contribution < -0.4 is 5.56 Å². The first-order valence-electron chi connectivity index (χ1n) is 6.64. The average molecular weight is 351 g/mol. The molecule has 110 valence electrons. The van der Waals surface area contributed by atoms with Crippen molar-refractivity contribution in [1.29, 1.82) is 0 Å². The molecule has 5 nitrogen and oxygen atoms in total. The minimum Gasteiger partial charge on any atom is -0.477 e. The first kappa shape index (κ1) is 15.4. The van der Waals surface area contributed by atoms with Gasteiger partial charge in [-0.1, -0.05) is 41.4 Å². The topological polar surface area (TPSA) is 72.2 Å². The Kier molecular flexibility index (Phi) is 4.90. The van der Waals surface area contributed by atoms with Gasteiger partial charge in [-0.3, -0.25) is 4.79 Å². The molecular formula is C15H15BrN2O3. The fourth-order valence-electron chi connectivity index (χ4n) is 1.94. The molecule has 1 N–H and O–H groups in total. The number of benzene rings is 1. The Morgan fingerprint density at radius 3 is 2.76 bits per heavy atom. The summed E-state index contributed by atoms with van der Waals surface area (Å²) in [6.07, 6.45) is 1.67. The van der Waals surface area contributed by atoms with Crippen LogP contribution in [-0.4, -0.2) is 20.9 Å². The Bertz CT molecular complexity index is 725. The molecule has 0 fully saturated rings. The second-order valence-electron chi connectivity index (χ2n) is 4.64. The Labute approximate surface area is 130 Å². The fraction of sp³-hybridized carbons (Fsp3) is 0.267. The number of hydrogen-bond donors (Lipinski definition) is 1. The van der Waals surface area contributed by atoms with Crippen molar-refractivity contribution in [3.05, 3.63) is 50.7 Å². The third-order valence-corrected chi connectivity index (χ3v) is 3.54. The van der Waals surface area contributed by atoms with E-state index in [-0.39, 0.29) is 5.56 Å². The van der Waals surface area contributed by atoms with Gasteiger partial charge in [0.15, 0.2) is 0 Å². The minimum atomic E-state index is -1.23. The maximum atomic E-state index is 12.1. The van der Waals surface area contributed by atoms with Gasteiger partial charge in [0, 0.05) is 16.6 Å². The maximum absolute atomic E-state index is 12.1. The number of unbranched alkanes of at least 4 members (excludes halogenated alkanes) is 1. The normalized spacial score (nSPS) is 10.6. The second-order valence-corrected chi connectivity index (χ2v) is 5.56. The van der Waals surface area contributed by atoms with Crippen LogP contribution >= 0.6 is 15.9 Å². The molecular weight excluding hydrogens is 336 g/mol. The van der Waals surface area contributed by atoms with Crippen molar-refractivity contribution in [2.45, 2.75) is 26.3 Å². The standard InChI is InChI=1S/C15H15BrN2O3/c1-2-3-7-18-14(19)12(15(20)21)9-13(17-18)10-5-4-6-11(16)8-10/h4-6,8-9H,2-3,7H2,1H3,(H,20,21).